The quantitative estimate of drug-likeness (QED) is 0.498. The summed E-state index contributed by atoms with van der Waals surface area (Å²) in [5.74, 6) is 0. The number of aromatic nitrogens is 1. The fraction of sp³-hybridized carbons (Fsp3) is 0.450. The molecule has 1 aliphatic rings. The Balaban J connectivity index is 0.000000433. The van der Waals surface area contributed by atoms with E-state index in [-0.39, 0.29) is 0 Å². The van der Waals surface area contributed by atoms with E-state index in [0.29, 0.717) is 0 Å². The number of rotatable bonds is 4. The van der Waals surface area contributed by atoms with Gasteiger partial charge in [0.1, 0.15) is 0 Å². The van der Waals surface area contributed by atoms with Crippen LogP contribution in [0.2, 0.25) is 0 Å². The number of nitrogens with one attached hydrogen (secondary N) is 1. The predicted molar refractivity (Wildman–Crippen MR) is 100 cm³/mol. The van der Waals surface area contributed by atoms with Crippen LogP contribution in [0, 0.1) is 5.41 Å². The van der Waals surface area contributed by atoms with Crippen molar-refractivity contribution in [1.82, 2.24) is 9.47 Å². The summed E-state index contributed by atoms with van der Waals surface area (Å²) in [6.45, 7) is 7.25. The number of allylic oxidation sites excluding steroid dienone is 2. The minimum atomic E-state index is 0.876. The highest BCUT2D eigenvalue weighted by molar-refractivity contribution is 5.85. The van der Waals surface area contributed by atoms with Crippen LogP contribution in [-0.4, -0.2) is 29.3 Å². The van der Waals surface area contributed by atoms with Gasteiger partial charge in [0, 0.05) is 42.7 Å². The number of aryl methyl sites for hydroxylation is 1. The average molecular weight is 311 g/mol. The SMILES string of the molecule is C/C=C/C.CN1CCc2c(c3ccccc3n2CCCC=N)C1. The molecule has 1 N–H and O–H groups in total. The van der Waals surface area contributed by atoms with Crippen LogP contribution in [0.25, 0.3) is 10.9 Å². The number of likely N-dealkylation sites (N-methyl/N-ethyl adjacent to an activating group) is 1. The van der Waals surface area contributed by atoms with Gasteiger partial charge in [0.25, 0.3) is 0 Å². The maximum absolute atomic E-state index is 7.17. The molecule has 0 saturated heterocycles. The zero-order valence-electron chi connectivity index (χ0n) is 14.7. The lowest BCUT2D eigenvalue weighted by Gasteiger charge is -2.24. The molecule has 1 aliphatic heterocycles. The van der Waals surface area contributed by atoms with E-state index in [9.17, 15) is 0 Å². The topological polar surface area (TPSA) is 32.0 Å². The summed E-state index contributed by atoms with van der Waals surface area (Å²) in [7, 11) is 2.20. The second-order valence-electron chi connectivity index (χ2n) is 6.09. The molecule has 3 rings (SSSR count). The molecule has 23 heavy (non-hydrogen) atoms. The monoisotopic (exact) mass is 311 g/mol. The molecule has 124 valence electrons. The van der Waals surface area contributed by atoms with E-state index in [2.05, 4.69) is 40.8 Å². The Morgan fingerprint density at radius 2 is 1.91 bits per heavy atom. The van der Waals surface area contributed by atoms with Crippen LogP contribution in [-0.2, 0) is 19.5 Å². The number of benzene rings is 1. The van der Waals surface area contributed by atoms with Gasteiger partial charge in [-0.25, -0.2) is 0 Å². The van der Waals surface area contributed by atoms with Gasteiger partial charge in [-0.2, -0.15) is 0 Å². The van der Waals surface area contributed by atoms with Gasteiger partial charge in [-0.05, 0) is 51.6 Å². The fourth-order valence-electron chi connectivity index (χ4n) is 3.14. The van der Waals surface area contributed by atoms with E-state index < -0.39 is 0 Å². The van der Waals surface area contributed by atoms with Crippen molar-refractivity contribution in [2.75, 3.05) is 13.6 Å². The number of hydrogen-bond donors (Lipinski definition) is 1. The number of nitrogens with zero attached hydrogens (tertiary/aromatic N) is 2. The Labute approximate surface area is 140 Å². The van der Waals surface area contributed by atoms with Crippen LogP contribution < -0.4 is 0 Å². The molecule has 0 bridgehead atoms. The maximum atomic E-state index is 7.17. The second-order valence-corrected chi connectivity index (χ2v) is 6.09. The molecule has 3 heteroatoms. The highest BCUT2D eigenvalue weighted by atomic mass is 15.1. The Hall–Kier alpha value is -1.87. The Morgan fingerprint density at radius 1 is 1.17 bits per heavy atom. The van der Waals surface area contributed by atoms with E-state index in [1.165, 1.54) is 28.4 Å². The molecule has 0 saturated carbocycles. The van der Waals surface area contributed by atoms with Crippen LogP contribution in [0.5, 0.6) is 0 Å². The van der Waals surface area contributed by atoms with E-state index >= 15 is 0 Å². The van der Waals surface area contributed by atoms with Crippen molar-refractivity contribution in [3.8, 4) is 0 Å². The molecule has 3 nitrogen and oxygen atoms in total. The number of fused-ring (bicyclic) bond motifs is 3. The molecule has 2 heterocycles. The Kier molecular flexibility index (Phi) is 6.60. The fourth-order valence-corrected chi connectivity index (χ4v) is 3.14. The van der Waals surface area contributed by atoms with Crippen molar-refractivity contribution in [2.24, 2.45) is 0 Å². The van der Waals surface area contributed by atoms with Gasteiger partial charge < -0.3 is 14.9 Å². The summed E-state index contributed by atoms with van der Waals surface area (Å²) < 4.78 is 2.49. The zero-order valence-corrected chi connectivity index (χ0v) is 14.7. The third-order valence-corrected chi connectivity index (χ3v) is 4.42. The average Bonchev–Trinajstić information content (AvgIpc) is 2.89. The number of hydrogen-bond acceptors (Lipinski definition) is 2. The molecule has 0 radical (unpaired) electrons. The summed E-state index contributed by atoms with van der Waals surface area (Å²) in [6.07, 6.45) is 8.60. The predicted octanol–water partition coefficient (Wildman–Crippen LogP) is 4.64. The van der Waals surface area contributed by atoms with Crippen molar-refractivity contribution in [3.63, 3.8) is 0 Å². The molecule has 2 aromatic rings. The van der Waals surface area contributed by atoms with E-state index in [1.54, 1.807) is 0 Å². The van der Waals surface area contributed by atoms with Crippen LogP contribution in [0.1, 0.15) is 37.9 Å². The molecule has 0 aliphatic carbocycles. The standard InChI is InChI=1S/C16H21N3.C4H8/c1-18-11-8-16-14(12-18)13-6-2-3-7-15(13)19(16)10-5-4-9-17;1-3-4-2/h2-3,6-7,9,17H,4-5,8,10-12H2,1H3;3-4H,1-2H3/b;4-3+. The molecular formula is C20H29N3. The molecule has 0 atom stereocenters. The van der Waals surface area contributed by atoms with Crippen molar-refractivity contribution < 1.29 is 0 Å². The lowest BCUT2D eigenvalue weighted by atomic mass is 10.1. The van der Waals surface area contributed by atoms with E-state index in [1.807, 2.05) is 26.0 Å². The molecule has 0 amide bonds. The summed E-state index contributed by atoms with van der Waals surface area (Å²) >= 11 is 0. The number of para-hydroxylation sites is 1. The normalized spacial score (nSPS) is 14.6. The first-order chi connectivity index (χ1) is 11.2. The number of unbranched alkanes of at least 4 members (excludes halogenated alkanes) is 1. The maximum Gasteiger partial charge on any atom is 0.0485 e. The van der Waals surface area contributed by atoms with Gasteiger partial charge in [0.15, 0.2) is 0 Å². The van der Waals surface area contributed by atoms with Gasteiger partial charge in [-0.1, -0.05) is 30.4 Å². The summed E-state index contributed by atoms with van der Waals surface area (Å²) in [6, 6.07) is 8.75. The van der Waals surface area contributed by atoms with Crippen LogP contribution in [0.3, 0.4) is 0 Å². The molecule has 1 aromatic carbocycles. The van der Waals surface area contributed by atoms with Crippen molar-refractivity contribution in [3.05, 3.63) is 47.7 Å². The highest BCUT2D eigenvalue weighted by Crippen LogP contribution is 2.30. The third-order valence-electron chi connectivity index (χ3n) is 4.42. The first-order valence-electron chi connectivity index (χ1n) is 8.56. The minimum absolute atomic E-state index is 0.876. The first kappa shape index (κ1) is 17.5. The molecule has 0 unspecified atom stereocenters. The van der Waals surface area contributed by atoms with E-state index in [4.69, 9.17) is 5.41 Å². The van der Waals surface area contributed by atoms with Gasteiger partial charge in [0.2, 0.25) is 0 Å². The first-order valence-corrected chi connectivity index (χ1v) is 8.56. The molecule has 1 aromatic heterocycles. The summed E-state index contributed by atoms with van der Waals surface area (Å²) in [5, 5.41) is 8.58. The summed E-state index contributed by atoms with van der Waals surface area (Å²) in [4.78, 5) is 2.40. The van der Waals surface area contributed by atoms with Crippen molar-refractivity contribution in [2.45, 2.75) is 46.2 Å². The van der Waals surface area contributed by atoms with Gasteiger partial charge in [-0.3, -0.25) is 0 Å². The van der Waals surface area contributed by atoms with Gasteiger partial charge >= 0.3 is 0 Å². The van der Waals surface area contributed by atoms with Crippen LogP contribution >= 0.6 is 0 Å². The molecule has 0 spiro atoms. The van der Waals surface area contributed by atoms with Gasteiger partial charge in [0.05, 0.1) is 0 Å². The van der Waals surface area contributed by atoms with Crippen molar-refractivity contribution in [1.29, 1.82) is 5.41 Å². The second kappa shape index (κ2) is 8.68. The Bertz CT molecular complexity index is 663. The lowest BCUT2D eigenvalue weighted by Crippen LogP contribution is -2.27. The zero-order chi connectivity index (χ0) is 16.7. The van der Waals surface area contributed by atoms with Crippen molar-refractivity contribution >= 4 is 17.1 Å². The largest absolute Gasteiger partial charge is 0.344 e. The summed E-state index contributed by atoms with van der Waals surface area (Å²) in [5.41, 5.74) is 4.40. The smallest absolute Gasteiger partial charge is 0.0485 e. The lowest BCUT2D eigenvalue weighted by molar-refractivity contribution is 0.309. The Morgan fingerprint density at radius 3 is 2.61 bits per heavy atom. The third kappa shape index (κ3) is 4.11. The van der Waals surface area contributed by atoms with E-state index in [0.717, 1.165) is 38.9 Å². The molecular weight excluding hydrogens is 282 g/mol. The minimum Gasteiger partial charge on any atom is -0.344 e. The van der Waals surface area contributed by atoms with Crippen LogP contribution in [0.4, 0.5) is 0 Å². The highest BCUT2D eigenvalue weighted by Gasteiger charge is 2.21. The molecule has 0 fully saturated rings. The van der Waals surface area contributed by atoms with Gasteiger partial charge in [-0.15, -0.1) is 0 Å². The van der Waals surface area contributed by atoms with Crippen LogP contribution in [0.15, 0.2) is 36.4 Å².